The number of hydrogen-bond donors (Lipinski definition) is 0. The summed E-state index contributed by atoms with van der Waals surface area (Å²) in [7, 11) is 0. The van der Waals surface area contributed by atoms with E-state index in [4.69, 9.17) is 11.6 Å². The first-order chi connectivity index (χ1) is 7.65. The van der Waals surface area contributed by atoms with Gasteiger partial charge in [0.25, 0.3) is 0 Å². The minimum Gasteiger partial charge on any atom is -0.340 e. The van der Waals surface area contributed by atoms with Crippen LogP contribution >= 0.6 is 22.9 Å². The molecule has 0 aromatic carbocycles. The summed E-state index contributed by atoms with van der Waals surface area (Å²) in [5.74, 6) is 0.179. The SMILES string of the molecule is CC(=O)N1CCN(Cc2cc(Cl)cs2)CC1. The van der Waals surface area contributed by atoms with Gasteiger partial charge in [0, 0.05) is 49.9 Å². The van der Waals surface area contributed by atoms with Crippen LogP contribution in [0.1, 0.15) is 11.8 Å². The molecule has 0 spiro atoms. The van der Waals surface area contributed by atoms with Gasteiger partial charge in [-0.1, -0.05) is 11.6 Å². The second kappa shape index (κ2) is 5.17. The largest absolute Gasteiger partial charge is 0.340 e. The van der Waals surface area contributed by atoms with Crippen molar-refractivity contribution in [3.05, 3.63) is 21.3 Å². The highest BCUT2D eigenvalue weighted by atomic mass is 35.5. The molecule has 1 fully saturated rings. The van der Waals surface area contributed by atoms with E-state index in [9.17, 15) is 4.79 Å². The van der Waals surface area contributed by atoms with Crippen molar-refractivity contribution in [3.8, 4) is 0 Å². The normalized spacial score (nSPS) is 17.8. The van der Waals surface area contributed by atoms with E-state index < -0.39 is 0 Å². The zero-order chi connectivity index (χ0) is 11.5. The zero-order valence-corrected chi connectivity index (χ0v) is 10.9. The number of piperazine rings is 1. The van der Waals surface area contributed by atoms with Crippen molar-refractivity contribution < 1.29 is 4.79 Å². The lowest BCUT2D eigenvalue weighted by Crippen LogP contribution is -2.47. The zero-order valence-electron chi connectivity index (χ0n) is 9.28. The minimum absolute atomic E-state index is 0.179. The van der Waals surface area contributed by atoms with Crippen LogP contribution in [0.5, 0.6) is 0 Å². The van der Waals surface area contributed by atoms with Crippen LogP contribution in [-0.4, -0.2) is 41.9 Å². The van der Waals surface area contributed by atoms with E-state index >= 15 is 0 Å². The molecule has 2 rings (SSSR count). The maximum absolute atomic E-state index is 11.2. The molecule has 0 saturated carbocycles. The highest BCUT2D eigenvalue weighted by Gasteiger charge is 2.18. The lowest BCUT2D eigenvalue weighted by atomic mass is 10.3. The van der Waals surface area contributed by atoms with Gasteiger partial charge in [-0.05, 0) is 6.07 Å². The third-order valence-corrected chi connectivity index (χ3v) is 4.09. The number of carbonyl (C=O) groups excluding carboxylic acids is 1. The van der Waals surface area contributed by atoms with Gasteiger partial charge in [-0.3, -0.25) is 9.69 Å². The van der Waals surface area contributed by atoms with Gasteiger partial charge >= 0.3 is 0 Å². The second-order valence-corrected chi connectivity index (χ2v) is 5.45. The molecular formula is C11H15ClN2OS. The summed E-state index contributed by atoms with van der Waals surface area (Å²) in [6, 6.07) is 2.02. The van der Waals surface area contributed by atoms with Crippen LogP contribution in [0.15, 0.2) is 11.4 Å². The van der Waals surface area contributed by atoms with Gasteiger partial charge in [-0.25, -0.2) is 0 Å². The quantitative estimate of drug-likeness (QED) is 0.811. The Bertz CT molecular complexity index is 372. The average molecular weight is 259 g/mol. The molecule has 1 saturated heterocycles. The van der Waals surface area contributed by atoms with Crippen LogP contribution < -0.4 is 0 Å². The molecule has 3 nitrogen and oxygen atoms in total. The van der Waals surface area contributed by atoms with Gasteiger partial charge in [0.1, 0.15) is 0 Å². The molecule has 88 valence electrons. The third-order valence-electron chi connectivity index (χ3n) is 2.82. The standard InChI is InChI=1S/C11H15ClN2OS/c1-9(15)14-4-2-13(3-5-14)7-11-6-10(12)8-16-11/h6,8H,2-5,7H2,1H3. The van der Waals surface area contributed by atoms with E-state index in [2.05, 4.69) is 4.90 Å². The fourth-order valence-corrected chi connectivity index (χ4v) is 2.99. The Morgan fingerprint density at radius 1 is 1.44 bits per heavy atom. The molecule has 0 radical (unpaired) electrons. The highest BCUT2D eigenvalue weighted by Crippen LogP contribution is 2.21. The average Bonchev–Trinajstić information content (AvgIpc) is 2.65. The first kappa shape index (κ1) is 11.9. The number of rotatable bonds is 2. The molecule has 1 amide bonds. The van der Waals surface area contributed by atoms with Gasteiger partial charge in [0.05, 0.1) is 5.02 Å². The number of nitrogens with zero attached hydrogens (tertiary/aromatic N) is 2. The molecule has 0 atom stereocenters. The molecule has 2 heterocycles. The Kier molecular flexibility index (Phi) is 3.84. The smallest absolute Gasteiger partial charge is 0.219 e. The van der Waals surface area contributed by atoms with Gasteiger partial charge in [-0.15, -0.1) is 11.3 Å². The molecule has 1 aromatic rings. The summed E-state index contributed by atoms with van der Waals surface area (Å²) in [5, 5.41) is 2.78. The summed E-state index contributed by atoms with van der Waals surface area (Å²) < 4.78 is 0. The molecule has 1 aliphatic rings. The number of hydrogen-bond acceptors (Lipinski definition) is 3. The predicted octanol–water partition coefficient (Wildman–Crippen LogP) is 2.07. The summed E-state index contributed by atoms with van der Waals surface area (Å²) in [6.07, 6.45) is 0. The van der Waals surface area contributed by atoms with Crippen molar-refractivity contribution in [2.45, 2.75) is 13.5 Å². The molecule has 0 N–H and O–H groups in total. The van der Waals surface area contributed by atoms with E-state index in [0.717, 1.165) is 37.7 Å². The minimum atomic E-state index is 0.179. The maximum atomic E-state index is 11.2. The van der Waals surface area contributed by atoms with Crippen LogP contribution in [0.25, 0.3) is 0 Å². The van der Waals surface area contributed by atoms with Crippen LogP contribution in [-0.2, 0) is 11.3 Å². The van der Waals surface area contributed by atoms with Crippen molar-refractivity contribution in [3.63, 3.8) is 0 Å². The van der Waals surface area contributed by atoms with Crippen LogP contribution in [0.3, 0.4) is 0 Å². The lowest BCUT2D eigenvalue weighted by molar-refractivity contribution is -0.130. The van der Waals surface area contributed by atoms with Crippen LogP contribution in [0, 0.1) is 0 Å². The molecule has 16 heavy (non-hydrogen) atoms. The van der Waals surface area contributed by atoms with Crippen molar-refractivity contribution >= 4 is 28.8 Å². The van der Waals surface area contributed by atoms with Gasteiger partial charge < -0.3 is 4.90 Å². The lowest BCUT2D eigenvalue weighted by Gasteiger charge is -2.33. The second-order valence-electron chi connectivity index (χ2n) is 4.01. The predicted molar refractivity (Wildman–Crippen MR) is 66.9 cm³/mol. The summed E-state index contributed by atoms with van der Waals surface area (Å²) in [6.45, 7) is 6.17. The first-order valence-corrected chi connectivity index (χ1v) is 6.61. The van der Waals surface area contributed by atoms with E-state index in [0.29, 0.717) is 0 Å². The Morgan fingerprint density at radius 3 is 2.62 bits per heavy atom. The number of halogens is 1. The Hall–Kier alpha value is -0.580. The number of amides is 1. The summed E-state index contributed by atoms with van der Waals surface area (Å²) in [5.41, 5.74) is 0. The van der Waals surface area contributed by atoms with E-state index in [1.807, 2.05) is 16.3 Å². The number of thiophene rings is 1. The van der Waals surface area contributed by atoms with Crippen molar-refractivity contribution in [2.75, 3.05) is 26.2 Å². The number of carbonyl (C=O) groups is 1. The molecule has 1 aliphatic heterocycles. The van der Waals surface area contributed by atoms with Gasteiger partial charge in [0.2, 0.25) is 5.91 Å². The molecule has 0 aliphatic carbocycles. The molecule has 0 bridgehead atoms. The van der Waals surface area contributed by atoms with Gasteiger partial charge in [-0.2, -0.15) is 0 Å². The molecular weight excluding hydrogens is 244 g/mol. The monoisotopic (exact) mass is 258 g/mol. The summed E-state index contributed by atoms with van der Waals surface area (Å²) in [4.78, 5) is 16.7. The maximum Gasteiger partial charge on any atom is 0.219 e. The summed E-state index contributed by atoms with van der Waals surface area (Å²) >= 11 is 7.58. The Morgan fingerprint density at radius 2 is 2.12 bits per heavy atom. The highest BCUT2D eigenvalue weighted by molar-refractivity contribution is 7.10. The van der Waals surface area contributed by atoms with Crippen molar-refractivity contribution in [2.24, 2.45) is 0 Å². The van der Waals surface area contributed by atoms with Crippen LogP contribution in [0.4, 0.5) is 0 Å². The van der Waals surface area contributed by atoms with Crippen LogP contribution in [0.2, 0.25) is 5.02 Å². The molecule has 5 heteroatoms. The first-order valence-electron chi connectivity index (χ1n) is 5.36. The van der Waals surface area contributed by atoms with E-state index in [-0.39, 0.29) is 5.91 Å². The topological polar surface area (TPSA) is 23.6 Å². The Labute approximate surface area is 105 Å². The van der Waals surface area contributed by atoms with E-state index in [1.54, 1.807) is 18.3 Å². The molecule has 1 aromatic heterocycles. The fourth-order valence-electron chi connectivity index (χ4n) is 1.88. The van der Waals surface area contributed by atoms with E-state index in [1.165, 1.54) is 4.88 Å². The van der Waals surface area contributed by atoms with Crippen molar-refractivity contribution in [1.82, 2.24) is 9.80 Å². The Balaban J connectivity index is 1.83. The fraction of sp³-hybridized carbons (Fsp3) is 0.545. The molecule has 0 unspecified atom stereocenters. The third kappa shape index (κ3) is 2.97. The van der Waals surface area contributed by atoms with Gasteiger partial charge in [0.15, 0.2) is 0 Å². The van der Waals surface area contributed by atoms with Crippen molar-refractivity contribution in [1.29, 1.82) is 0 Å².